The molecule has 1 aromatic heterocycles. The lowest BCUT2D eigenvalue weighted by atomic mass is 10.1. The number of methoxy groups -OCH3 is 1. The van der Waals surface area contributed by atoms with Crippen molar-refractivity contribution in [2.45, 2.75) is 6.61 Å². The van der Waals surface area contributed by atoms with E-state index in [1.807, 2.05) is 0 Å². The molecule has 0 spiro atoms. The van der Waals surface area contributed by atoms with Gasteiger partial charge in [-0.2, -0.15) is 0 Å². The summed E-state index contributed by atoms with van der Waals surface area (Å²) in [4.78, 5) is 11.4. The minimum absolute atomic E-state index is 0.102. The van der Waals surface area contributed by atoms with Crippen LogP contribution >= 0.6 is 0 Å². The third-order valence-electron chi connectivity index (χ3n) is 2.28. The Morgan fingerprint density at radius 3 is 2.81 bits per heavy atom. The molecule has 5 nitrogen and oxygen atoms in total. The lowest BCUT2D eigenvalue weighted by Gasteiger charge is -2.06. The van der Waals surface area contributed by atoms with Crippen LogP contribution in [0.5, 0.6) is 11.5 Å². The highest BCUT2D eigenvalue weighted by atomic mass is 16.5. The van der Waals surface area contributed by atoms with Crippen molar-refractivity contribution in [1.29, 1.82) is 0 Å². The van der Waals surface area contributed by atoms with Crippen LogP contribution in [-0.4, -0.2) is 17.3 Å². The molecule has 1 heterocycles. The molecule has 0 radical (unpaired) electrons. The number of fused-ring (bicyclic) bond motifs is 1. The second-order valence-corrected chi connectivity index (χ2v) is 3.25. The highest BCUT2D eigenvalue weighted by molar-refractivity contribution is 5.85. The van der Waals surface area contributed by atoms with Crippen molar-refractivity contribution in [2.75, 3.05) is 7.11 Å². The zero-order valence-electron chi connectivity index (χ0n) is 8.56. The number of ether oxygens (including phenoxy) is 1. The first-order chi connectivity index (χ1) is 7.67. The first kappa shape index (κ1) is 10.5. The summed E-state index contributed by atoms with van der Waals surface area (Å²) in [5.74, 6) is 0.00832. The number of phenolic OH excluding ortho intramolecular Hbond substituents is 1. The Morgan fingerprint density at radius 2 is 2.19 bits per heavy atom. The predicted molar refractivity (Wildman–Crippen MR) is 56.6 cm³/mol. The van der Waals surface area contributed by atoms with Crippen LogP contribution in [0, 0.1) is 0 Å². The van der Waals surface area contributed by atoms with Gasteiger partial charge in [0, 0.05) is 5.39 Å². The number of aromatic hydroxyl groups is 1. The fourth-order valence-electron chi connectivity index (χ4n) is 1.50. The van der Waals surface area contributed by atoms with Gasteiger partial charge in [-0.25, -0.2) is 4.79 Å². The van der Waals surface area contributed by atoms with Crippen molar-refractivity contribution in [2.24, 2.45) is 0 Å². The Balaban J connectivity index is 2.85. The van der Waals surface area contributed by atoms with Crippen LogP contribution in [0.4, 0.5) is 0 Å². The molecule has 0 aliphatic heterocycles. The molecule has 0 amide bonds. The van der Waals surface area contributed by atoms with Gasteiger partial charge in [0.1, 0.15) is 0 Å². The van der Waals surface area contributed by atoms with Crippen molar-refractivity contribution >= 4 is 11.0 Å². The van der Waals surface area contributed by atoms with E-state index in [4.69, 9.17) is 14.3 Å². The molecule has 84 valence electrons. The van der Waals surface area contributed by atoms with Gasteiger partial charge in [-0.1, -0.05) is 0 Å². The van der Waals surface area contributed by atoms with E-state index < -0.39 is 5.63 Å². The van der Waals surface area contributed by atoms with E-state index in [2.05, 4.69) is 0 Å². The molecule has 0 saturated heterocycles. The van der Waals surface area contributed by atoms with Gasteiger partial charge in [-0.15, -0.1) is 0 Å². The third kappa shape index (κ3) is 1.51. The molecule has 2 aromatic rings. The van der Waals surface area contributed by atoms with Crippen molar-refractivity contribution in [3.05, 3.63) is 34.2 Å². The number of hydrogen-bond acceptors (Lipinski definition) is 5. The molecular formula is C11H10O5. The summed E-state index contributed by atoms with van der Waals surface area (Å²) < 4.78 is 9.93. The highest BCUT2D eigenvalue weighted by Gasteiger charge is 2.12. The van der Waals surface area contributed by atoms with E-state index in [1.165, 1.54) is 19.2 Å². The summed E-state index contributed by atoms with van der Waals surface area (Å²) in [5, 5.41) is 19.0. The Labute approximate surface area is 90.5 Å². The van der Waals surface area contributed by atoms with Crippen molar-refractivity contribution < 1.29 is 19.4 Å². The molecule has 2 N–H and O–H groups in total. The normalized spacial score (nSPS) is 10.6. The molecular weight excluding hydrogens is 212 g/mol. The maximum absolute atomic E-state index is 11.4. The minimum atomic E-state index is -0.640. The Hall–Kier alpha value is -2.01. The first-order valence-electron chi connectivity index (χ1n) is 4.61. The number of aliphatic hydroxyl groups excluding tert-OH is 1. The number of rotatable bonds is 2. The highest BCUT2D eigenvalue weighted by Crippen LogP contribution is 2.33. The Morgan fingerprint density at radius 1 is 1.44 bits per heavy atom. The SMILES string of the molecule is COc1c(O)ccc2cc(CO)c(=O)oc12. The molecule has 0 aliphatic rings. The quantitative estimate of drug-likeness (QED) is 0.741. The van der Waals surface area contributed by atoms with Crippen LogP contribution in [-0.2, 0) is 6.61 Å². The monoisotopic (exact) mass is 222 g/mol. The molecule has 16 heavy (non-hydrogen) atoms. The largest absolute Gasteiger partial charge is 0.504 e. The molecule has 5 heteroatoms. The maximum atomic E-state index is 11.4. The molecule has 0 saturated carbocycles. The number of benzene rings is 1. The van der Waals surface area contributed by atoms with E-state index in [9.17, 15) is 9.90 Å². The number of phenols is 1. The summed E-state index contributed by atoms with van der Waals surface area (Å²) in [6, 6.07) is 4.51. The van der Waals surface area contributed by atoms with Crippen LogP contribution in [0.15, 0.2) is 27.4 Å². The minimum Gasteiger partial charge on any atom is -0.504 e. The van der Waals surface area contributed by atoms with Gasteiger partial charge in [-0.3, -0.25) is 0 Å². The fraction of sp³-hybridized carbons (Fsp3) is 0.182. The van der Waals surface area contributed by atoms with Crippen molar-refractivity contribution in [3.63, 3.8) is 0 Å². The van der Waals surface area contributed by atoms with Crippen molar-refractivity contribution in [1.82, 2.24) is 0 Å². The lowest BCUT2D eigenvalue weighted by Crippen LogP contribution is -2.06. The molecule has 0 bridgehead atoms. The summed E-state index contributed by atoms with van der Waals surface area (Å²) >= 11 is 0. The lowest BCUT2D eigenvalue weighted by molar-refractivity contribution is 0.276. The smallest absolute Gasteiger partial charge is 0.341 e. The van der Waals surface area contributed by atoms with E-state index in [0.29, 0.717) is 5.39 Å². The molecule has 0 unspecified atom stereocenters. The van der Waals surface area contributed by atoms with E-state index in [1.54, 1.807) is 6.07 Å². The first-order valence-corrected chi connectivity index (χ1v) is 4.61. The van der Waals surface area contributed by atoms with Gasteiger partial charge >= 0.3 is 5.63 Å². The molecule has 1 aromatic carbocycles. The van der Waals surface area contributed by atoms with Gasteiger partial charge < -0.3 is 19.4 Å². The van der Waals surface area contributed by atoms with E-state index in [-0.39, 0.29) is 29.3 Å². The summed E-state index contributed by atoms with van der Waals surface area (Å²) in [5.41, 5.74) is -0.302. The van der Waals surface area contributed by atoms with Gasteiger partial charge in [0.25, 0.3) is 0 Å². The van der Waals surface area contributed by atoms with Crippen molar-refractivity contribution in [3.8, 4) is 11.5 Å². The van der Waals surface area contributed by atoms with Gasteiger partial charge in [0.05, 0.1) is 19.3 Å². The number of aliphatic hydroxyl groups is 1. The standard InChI is InChI=1S/C11H10O5/c1-15-10-8(13)3-2-6-4-7(5-12)11(14)16-9(6)10/h2-4,12-13H,5H2,1H3. The van der Waals surface area contributed by atoms with Crippen LogP contribution in [0.1, 0.15) is 5.56 Å². The van der Waals surface area contributed by atoms with Crippen LogP contribution in [0.25, 0.3) is 11.0 Å². The second kappa shape index (κ2) is 3.86. The summed E-state index contributed by atoms with van der Waals surface area (Å²) in [6.45, 7) is -0.387. The van der Waals surface area contributed by atoms with Crippen LogP contribution < -0.4 is 10.4 Å². The summed E-state index contributed by atoms with van der Waals surface area (Å²) in [7, 11) is 1.37. The van der Waals surface area contributed by atoms with Gasteiger partial charge in [-0.05, 0) is 18.2 Å². The maximum Gasteiger partial charge on any atom is 0.341 e. The van der Waals surface area contributed by atoms with Gasteiger partial charge in [0.2, 0.25) is 5.75 Å². The zero-order chi connectivity index (χ0) is 11.7. The second-order valence-electron chi connectivity index (χ2n) is 3.25. The Bertz CT molecular complexity index is 585. The van der Waals surface area contributed by atoms with Crippen LogP contribution in [0.2, 0.25) is 0 Å². The average Bonchev–Trinajstić information content (AvgIpc) is 2.28. The molecule has 0 aliphatic carbocycles. The third-order valence-corrected chi connectivity index (χ3v) is 2.28. The molecule has 0 atom stereocenters. The predicted octanol–water partition coefficient (Wildman–Crippen LogP) is 0.999. The fourth-order valence-corrected chi connectivity index (χ4v) is 1.50. The Kier molecular flexibility index (Phi) is 2.54. The average molecular weight is 222 g/mol. The molecule has 0 fully saturated rings. The zero-order valence-corrected chi connectivity index (χ0v) is 8.56. The summed E-state index contributed by atoms with van der Waals surface area (Å²) in [6.07, 6.45) is 0. The van der Waals surface area contributed by atoms with E-state index >= 15 is 0 Å². The number of hydrogen-bond donors (Lipinski definition) is 2. The molecule has 2 rings (SSSR count). The van der Waals surface area contributed by atoms with E-state index in [0.717, 1.165) is 0 Å². The topological polar surface area (TPSA) is 79.9 Å². The van der Waals surface area contributed by atoms with Crippen LogP contribution in [0.3, 0.4) is 0 Å². The van der Waals surface area contributed by atoms with Gasteiger partial charge in [0.15, 0.2) is 11.3 Å².